The predicted octanol–water partition coefficient (Wildman–Crippen LogP) is 3.60. The van der Waals surface area contributed by atoms with Gasteiger partial charge in [-0.25, -0.2) is 9.99 Å². The smallest absolute Gasteiger partial charge is 0.263 e. The second-order valence-electron chi connectivity index (χ2n) is 6.40. The van der Waals surface area contributed by atoms with Crippen molar-refractivity contribution in [2.75, 3.05) is 0 Å². The standard InChI is InChI=1S/C20H16N4O3/c25-20(12-23-8-7-21-13-23)24-16(18-6-3-9-26-18)11-15(22-24)19-10-14-4-1-2-5-17(14)27-19/h1-10,13,16H,11-12H2/t16-/m1/s1. The Kier molecular flexibility index (Phi) is 3.64. The number of hydrogen-bond donors (Lipinski definition) is 0. The van der Waals surface area contributed by atoms with Crippen LogP contribution >= 0.6 is 0 Å². The van der Waals surface area contributed by atoms with Gasteiger partial charge in [0.1, 0.15) is 29.6 Å². The van der Waals surface area contributed by atoms with Gasteiger partial charge < -0.3 is 13.4 Å². The fourth-order valence-corrected chi connectivity index (χ4v) is 3.32. The van der Waals surface area contributed by atoms with E-state index in [2.05, 4.69) is 10.1 Å². The molecule has 4 heterocycles. The topological polar surface area (TPSA) is 76.8 Å². The maximum Gasteiger partial charge on any atom is 0.263 e. The van der Waals surface area contributed by atoms with Gasteiger partial charge in [0.2, 0.25) is 0 Å². The Morgan fingerprint density at radius 1 is 1.22 bits per heavy atom. The molecule has 0 bridgehead atoms. The molecule has 0 saturated carbocycles. The number of amides is 1. The van der Waals surface area contributed by atoms with E-state index in [0.29, 0.717) is 17.9 Å². The molecule has 0 radical (unpaired) electrons. The number of carbonyl (C=O) groups excluding carboxylic acids is 1. The first-order chi connectivity index (χ1) is 13.3. The molecule has 7 nitrogen and oxygen atoms in total. The Morgan fingerprint density at radius 3 is 2.93 bits per heavy atom. The van der Waals surface area contributed by atoms with Gasteiger partial charge >= 0.3 is 0 Å². The average molecular weight is 360 g/mol. The number of imidazole rings is 1. The molecule has 1 aliphatic rings. The molecular formula is C20H16N4O3. The van der Waals surface area contributed by atoms with Gasteiger partial charge in [-0.15, -0.1) is 0 Å². The summed E-state index contributed by atoms with van der Waals surface area (Å²) in [5.74, 6) is 1.23. The lowest BCUT2D eigenvalue weighted by Crippen LogP contribution is -2.29. The van der Waals surface area contributed by atoms with Gasteiger partial charge in [0.15, 0.2) is 5.76 Å². The van der Waals surface area contributed by atoms with Crippen LogP contribution in [0.4, 0.5) is 0 Å². The molecule has 1 aromatic carbocycles. The number of fused-ring (bicyclic) bond motifs is 1. The molecule has 3 aromatic heterocycles. The van der Waals surface area contributed by atoms with Crippen LogP contribution in [0.2, 0.25) is 0 Å². The monoisotopic (exact) mass is 360 g/mol. The molecule has 1 atom stereocenters. The maximum atomic E-state index is 12.9. The van der Waals surface area contributed by atoms with Crippen molar-refractivity contribution >= 4 is 22.6 Å². The van der Waals surface area contributed by atoms with E-state index >= 15 is 0 Å². The fraction of sp³-hybridized carbons (Fsp3) is 0.150. The molecular weight excluding hydrogens is 344 g/mol. The van der Waals surface area contributed by atoms with Gasteiger partial charge in [-0.1, -0.05) is 18.2 Å². The van der Waals surface area contributed by atoms with Gasteiger partial charge in [-0.3, -0.25) is 4.79 Å². The summed E-state index contributed by atoms with van der Waals surface area (Å²) >= 11 is 0. The van der Waals surface area contributed by atoms with Crippen molar-refractivity contribution in [3.05, 3.63) is 79.0 Å². The van der Waals surface area contributed by atoms with Crippen molar-refractivity contribution in [1.82, 2.24) is 14.6 Å². The van der Waals surface area contributed by atoms with Crippen LogP contribution < -0.4 is 0 Å². The molecule has 0 aliphatic carbocycles. The number of carbonyl (C=O) groups is 1. The highest BCUT2D eigenvalue weighted by Crippen LogP contribution is 2.34. The van der Waals surface area contributed by atoms with Crippen LogP contribution in [0.3, 0.4) is 0 Å². The number of hydrazone groups is 1. The lowest BCUT2D eigenvalue weighted by atomic mass is 10.1. The van der Waals surface area contributed by atoms with Crippen LogP contribution in [0.15, 0.2) is 81.4 Å². The first kappa shape index (κ1) is 15.6. The molecule has 1 aliphatic heterocycles. The number of nitrogens with zero attached hydrogens (tertiary/aromatic N) is 4. The van der Waals surface area contributed by atoms with Gasteiger partial charge in [0.25, 0.3) is 5.91 Å². The van der Waals surface area contributed by atoms with Crippen LogP contribution in [0.5, 0.6) is 0 Å². The van der Waals surface area contributed by atoms with E-state index in [1.54, 1.807) is 29.6 Å². The minimum absolute atomic E-state index is 0.138. The largest absolute Gasteiger partial charge is 0.467 e. The number of hydrogen-bond acceptors (Lipinski definition) is 5. The van der Waals surface area contributed by atoms with Crippen molar-refractivity contribution in [2.45, 2.75) is 19.0 Å². The summed E-state index contributed by atoms with van der Waals surface area (Å²) in [5.41, 5.74) is 1.53. The third kappa shape index (κ3) is 2.83. The molecule has 1 amide bonds. The maximum absolute atomic E-state index is 12.9. The molecule has 4 aromatic rings. The van der Waals surface area contributed by atoms with Crippen molar-refractivity contribution in [2.24, 2.45) is 5.10 Å². The van der Waals surface area contributed by atoms with Crippen LogP contribution in [0, 0.1) is 0 Å². The third-order valence-electron chi connectivity index (χ3n) is 4.62. The van der Waals surface area contributed by atoms with Crippen molar-refractivity contribution in [1.29, 1.82) is 0 Å². The van der Waals surface area contributed by atoms with Crippen LogP contribution in [0.25, 0.3) is 11.0 Å². The van der Waals surface area contributed by atoms with Crippen molar-refractivity contribution in [3.8, 4) is 0 Å². The Bertz CT molecular complexity index is 1080. The van der Waals surface area contributed by atoms with E-state index < -0.39 is 0 Å². The van der Waals surface area contributed by atoms with E-state index in [1.807, 2.05) is 42.5 Å². The first-order valence-corrected chi connectivity index (χ1v) is 8.65. The summed E-state index contributed by atoms with van der Waals surface area (Å²) in [6.45, 7) is 0.161. The van der Waals surface area contributed by atoms with Gasteiger partial charge in [0, 0.05) is 24.2 Å². The molecule has 27 heavy (non-hydrogen) atoms. The second kappa shape index (κ2) is 6.28. The lowest BCUT2D eigenvalue weighted by molar-refractivity contribution is -0.134. The summed E-state index contributed by atoms with van der Waals surface area (Å²) < 4.78 is 13.2. The fourth-order valence-electron chi connectivity index (χ4n) is 3.32. The predicted molar refractivity (Wildman–Crippen MR) is 97.9 cm³/mol. The van der Waals surface area contributed by atoms with E-state index in [1.165, 1.54) is 5.01 Å². The van der Waals surface area contributed by atoms with E-state index in [0.717, 1.165) is 16.7 Å². The summed E-state index contributed by atoms with van der Waals surface area (Å²) in [6.07, 6.45) is 7.14. The quantitative estimate of drug-likeness (QED) is 0.557. The Balaban J connectivity index is 1.49. The number of benzene rings is 1. The highest BCUT2D eigenvalue weighted by atomic mass is 16.3. The molecule has 5 rings (SSSR count). The van der Waals surface area contributed by atoms with Crippen LogP contribution in [0.1, 0.15) is 24.0 Å². The Hall–Kier alpha value is -3.61. The number of furan rings is 2. The van der Waals surface area contributed by atoms with Crippen LogP contribution in [-0.2, 0) is 11.3 Å². The van der Waals surface area contributed by atoms with E-state index in [4.69, 9.17) is 8.83 Å². The molecule has 134 valence electrons. The lowest BCUT2D eigenvalue weighted by Gasteiger charge is -2.19. The van der Waals surface area contributed by atoms with Gasteiger partial charge in [-0.05, 0) is 24.3 Å². The normalized spacial score (nSPS) is 16.8. The second-order valence-corrected chi connectivity index (χ2v) is 6.40. The summed E-state index contributed by atoms with van der Waals surface area (Å²) in [5, 5.41) is 7.08. The van der Waals surface area contributed by atoms with Gasteiger partial charge in [-0.2, -0.15) is 5.10 Å². The molecule has 0 saturated heterocycles. The minimum Gasteiger partial charge on any atom is -0.467 e. The van der Waals surface area contributed by atoms with Crippen molar-refractivity contribution < 1.29 is 13.6 Å². The van der Waals surface area contributed by atoms with Gasteiger partial charge in [0.05, 0.1) is 12.6 Å². The SMILES string of the molecule is O=C(Cn1ccnc1)N1N=C(c2cc3ccccc3o2)C[C@@H]1c1ccco1. The highest BCUT2D eigenvalue weighted by Gasteiger charge is 2.35. The van der Waals surface area contributed by atoms with E-state index in [9.17, 15) is 4.79 Å². The van der Waals surface area contributed by atoms with Crippen LogP contribution in [-0.4, -0.2) is 26.2 Å². The number of aromatic nitrogens is 2. The zero-order valence-electron chi connectivity index (χ0n) is 14.4. The first-order valence-electron chi connectivity index (χ1n) is 8.65. The molecule has 0 N–H and O–H groups in total. The highest BCUT2D eigenvalue weighted by molar-refractivity contribution is 6.03. The molecule has 0 unspecified atom stereocenters. The Morgan fingerprint density at radius 2 is 2.15 bits per heavy atom. The molecule has 0 spiro atoms. The minimum atomic E-state index is -0.292. The average Bonchev–Trinajstić information content (AvgIpc) is 3.46. The number of rotatable bonds is 4. The zero-order valence-corrected chi connectivity index (χ0v) is 14.4. The summed E-state index contributed by atoms with van der Waals surface area (Å²) in [4.78, 5) is 16.8. The molecule has 0 fully saturated rings. The zero-order chi connectivity index (χ0) is 18.2. The summed E-state index contributed by atoms with van der Waals surface area (Å²) in [7, 11) is 0. The molecule has 7 heteroatoms. The van der Waals surface area contributed by atoms with E-state index in [-0.39, 0.29) is 18.5 Å². The third-order valence-corrected chi connectivity index (χ3v) is 4.62. The summed E-state index contributed by atoms with van der Waals surface area (Å²) in [6, 6.07) is 13.1. The number of para-hydroxylation sites is 1. The van der Waals surface area contributed by atoms with Crippen molar-refractivity contribution in [3.63, 3.8) is 0 Å². The Labute approximate surface area is 154 Å².